The largest absolute Gasteiger partial charge is 0.342 e. The number of nitrogens with one attached hydrogen (secondary N) is 1. The van der Waals surface area contributed by atoms with E-state index in [0.717, 1.165) is 5.57 Å². The summed E-state index contributed by atoms with van der Waals surface area (Å²) in [4.78, 5) is 26.9. The van der Waals surface area contributed by atoms with E-state index in [1.807, 2.05) is 41.5 Å². The van der Waals surface area contributed by atoms with Crippen LogP contribution in [0.2, 0.25) is 0 Å². The van der Waals surface area contributed by atoms with Crippen LogP contribution in [0.5, 0.6) is 0 Å². The molecule has 1 N–H and O–H groups in total. The lowest BCUT2D eigenvalue weighted by Crippen LogP contribution is -2.67. The number of piperazine rings is 1. The zero-order valence-corrected chi connectivity index (χ0v) is 14.6. The van der Waals surface area contributed by atoms with Gasteiger partial charge in [-0.3, -0.25) is 9.59 Å². The Balaban J connectivity index is 3.11. The molecule has 1 saturated heterocycles. The molecular formula is C16H27ClN2O2. The maximum Gasteiger partial charge on any atom is 0.246 e. The molecule has 1 rings (SSSR count). The molecule has 0 bridgehead atoms. The average Bonchev–Trinajstić information content (AvgIpc) is 2.32. The number of halogens is 1. The third kappa shape index (κ3) is 4.47. The molecule has 5 heteroatoms. The van der Waals surface area contributed by atoms with Crippen molar-refractivity contribution in [2.75, 3.05) is 6.54 Å². The van der Waals surface area contributed by atoms with E-state index < -0.39 is 12.1 Å². The molecule has 0 aromatic rings. The Morgan fingerprint density at radius 1 is 1.38 bits per heavy atom. The van der Waals surface area contributed by atoms with E-state index >= 15 is 0 Å². The van der Waals surface area contributed by atoms with Crippen molar-refractivity contribution in [3.05, 3.63) is 11.1 Å². The number of amides is 2. The normalized spacial score (nSPS) is 24.6. The second kappa shape index (κ2) is 6.82. The molecule has 2 unspecified atom stereocenters. The summed E-state index contributed by atoms with van der Waals surface area (Å²) in [6.07, 6.45) is 0.654. The molecule has 21 heavy (non-hydrogen) atoms. The fourth-order valence-corrected chi connectivity index (χ4v) is 2.81. The first-order chi connectivity index (χ1) is 9.57. The van der Waals surface area contributed by atoms with Gasteiger partial charge in [-0.05, 0) is 30.3 Å². The maximum absolute atomic E-state index is 12.8. The summed E-state index contributed by atoms with van der Waals surface area (Å²) in [7, 11) is 0. The molecule has 120 valence electrons. The summed E-state index contributed by atoms with van der Waals surface area (Å²) in [6, 6.07) is -0.904. The van der Waals surface area contributed by atoms with E-state index in [1.165, 1.54) is 5.54 Å². The van der Waals surface area contributed by atoms with E-state index in [4.69, 9.17) is 11.6 Å². The van der Waals surface area contributed by atoms with Gasteiger partial charge in [-0.2, -0.15) is 0 Å². The first-order valence-corrected chi connectivity index (χ1v) is 7.88. The fraction of sp³-hybridized carbons (Fsp3) is 0.750. The first kappa shape index (κ1) is 18.0. The van der Waals surface area contributed by atoms with Crippen molar-refractivity contribution in [1.82, 2.24) is 10.2 Å². The molecule has 1 aliphatic heterocycles. The van der Waals surface area contributed by atoms with Crippen LogP contribution >= 0.6 is 11.6 Å². The summed E-state index contributed by atoms with van der Waals surface area (Å²) in [5, 5.41) is 2.89. The summed E-state index contributed by atoms with van der Waals surface area (Å²) in [5.74, 6) is 0.258. The summed E-state index contributed by atoms with van der Waals surface area (Å²) in [5.41, 5.74) is 2.02. The van der Waals surface area contributed by atoms with Crippen LogP contribution in [0, 0.1) is 11.3 Å². The van der Waals surface area contributed by atoms with Crippen molar-refractivity contribution < 1.29 is 9.59 Å². The number of nitrogens with zero attached hydrogens (tertiary/aromatic N) is 1. The number of rotatable bonds is 4. The minimum Gasteiger partial charge on any atom is -0.342 e. The van der Waals surface area contributed by atoms with E-state index in [9.17, 15) is 9.59 Å². The Hall–Kier alpha value is -1.03. The van der Waals surface area contributed by atoms with Crippen molar-refractivity contribution in [3.63, 3.8) is 0 Å². The molecule has 1 aliphatic rings. The van der Waals surface area contributed by atoms with Gasteiger partial charge in [-0.15, -0.1) is 0 Å². The van der Waals surface area contributed by atoms with Gasteiger partial charge in [0.25, 0.3) is 0 Å². The maximum atomic E-state index is 12.8. The second-order valence-electron chi connectivity index (χ2n) is 7.38. The standard InChI is InChI=1S/C16H27ClN2O2/c1-10(2)7-12-15(21)19(9-11(3)8-17)13(14(20)18-12)16(4,5)6/h8,10,12-13H,7,9H2,1-6H3,(H,18,20). The van der Waals surface area contributed by atoms with Crippen molar-refractivity contribution in [2.24, 2.45) is 11.3 Å². The minimum atomic E-state index is -0.472. The molecule has 0 spiro atoms. The molecule has 2 atom stereocenters. The lowest BCUT2D eigenvalue weighted by molar-refractivity contribution is -0.153. The van der Waals surface area contributed by atoms with Gasteiger partial charge in [0.15, 0.2) is 0 Å². The molecule has 0 saturated carbocycles. The highest BCUT2D eigenvalue weighted by Crippen LogP contribution is 2.29. The third-order valence-corrected chi connectivity index (χ3v) is 3.96. The molecular weight excluding hydrogens is 288 g/mol. The van der Waals surface area contributed by atoms with Crippen LogP contribution in [-0.2, 0) is 9.59 Å². The predicted octanol–water partition coefficient (Wildman–Crippen LogP) is 2.92. The van der Waals surface area contributed by atoms with Crippen molar-refractivity contribution in [1.29, 1.82) is 0 Å². The average molecular weight is 315 g/mol. The van der Waals surface area contributed by atoms with Crippen LogP contribution in [0.4, 0.5) is 0 Å². The highest BCUT2D eigenvalue weighted by atomic mass is 35.5. The Morgan fingerprint density at radius 3 is 2.38 bits per heavy atom. The molecule has 0 aromatic heterocycles. The van der Waals surface area contributed by atoms with Crippen LogP contribution in [-0.4, -0.2) is 35.3 Å². The van der Waals surface area contributed by atoms with Crippen LogP contribution < -0.4 is 5.32 Å². The Bertz CT molecular complexity index is 438. The van der Waals surface area contributed by atoms with Crippen molar-refractivity contribution in [3.8, 4) is 0 Å². The molecule has 0 aliphatic carbocycles. The zero-order valence-electron chi connectivity index (χ0n) is 13.9. The molecule has 0 aromatic carbocycles. The van der Waals surface area contributed by atoms with Crippen LogP contribution in [0.15, 0.2) is 11.1 Å². The van der Waals surface area contributed by atoms with E-state index in [1.54, 1.807) is 4.90 Å². The lowest BCUT2D eigenvalue weighted by Gasteiger charge is -2.45. The van der Waals surface area contributed by atoms with Gasteiger partial charge in [0.05, 0.1) is 0 Å². The number of carbonyl (C=O) groups excluding carboxylic acids is 2. The third-order valence-electron chi connectivity index (χ3n) is 3.59. The summed E-state index contributed by atoms with van der Waals surface area (Å²) < 4.78 is 0. The molecule has 1 heterocycles. The summed E-state index contributed by atoms with van der Waals surface area (Å²) >= 11 is 5.74. The highest BCUT2D eigenvalue weighted by molar-refractivity contribution is 6.25. The Kier molecular flexibility index (Phi) is 5.85. The number of hydrogen-bond acceptors (Lipinski definition) is 2. The fourth-order valence-electron chi connectivity index (χ4n) is 2.75. The van der Waals surface area contributed by atoms with Gasteiger partial charge >= 0.3 is 0 Å². The predicted molar refractivity (Wildman–Crippen MR) is 86.0 cm³/mol. The van der Waals surface area contributed by atoms with Crippen LogP contribution in [0.25, 0.3) is 0 Å². The topological polar surface area (TPSA) is 49.4 Å². The van der Waals surface area contributed by atoms with E-state index in [2.05, 4.69) is 5.32 Å². The van der Waals surface area contributed by atoms with Gasteiger partial charge < -0.3 is 10.2 Å². The molecule has 4 nitrogen and oxygen atoms in total. The zero-order chi connectivity index (χ0) is 16.4. The first-order valence-electron chi connectivity index (χ1n) is 7.44. The number of hydrogen-bond donors (Lipinski definition) is 1. The second-order valence-corrected chi connectivity index (χ2v) is 7.60. The van der Waals surface area contributed by atoms with Gasteiger partial charge in [0.2, 0.25) is 11.8 Å². The molecule has 1 fully saturated rings. The Labute approximate surface area is 132 Å². The molecule has 2 amide bonds. The van der Waals surface area contributed by atoms with Gasteiger partial charge in [0.1, 0.15) is 12.1 Å². The summed E-state index contributed by atoms with van der Waals surface area (Å²) in [6.45, 7) is 12.3. The molecule has 0 radical (unpaired) electrons. The van der Waals surface area contributed by atoms with Crippen LogP contribution in [0.3, 0.4) is 0 Å². The van der Waals surface area contributed by atoms with Gasteiger partial charge in [0, 0.05) is 12.1 Å². The van der Waals surface area contributed by atoms with E-state index in [-0.39, 0.29) is 17.2 Å². The number of carbonyl (C=O) groups is 2. The highest BCUT2D eigenvalue weighted by Gasteiger charge is 2.45. The van der Waals surface area contributed by atoms with E-state index in [0.29, 0.717) is 18.9 Å². The lowest BCUT2D eigenvalue weighted by atomic mass is 9.82. The Morgan fingerprint density at radius 2 is 1.95 bits per heavy atom. The SMILES string of the molecule is CC(=CCl)CN1C(=O)C(CC(C)C)NC(=O)C1C(C)(C)C. The van der Waals surface area contributed by atoms with Crippen molar-refractivity contribution >= 4 is 23.4 Å². The van der Waals surface area contributed by atoms with Gasteiger partial charge in [-0.1, -0.05) is 46.2 Å². The quantitative estimate of drug-likeness (QED) is 0.867. The van der Waals surface area contributed by atoms with Gasteiger partial charge in [-0.25, -0.2) is 0 Å². The van der Waals surface area contributed by atoms with Crippen molar-refractivity contribution in [2.45, 2.75) is 60.0 Å². The minimum absolute atomic E-state index is 0.0129. The smallest absolute Gasteiger partial charge is 0.246 e. The van der Waals surface area contributed by atoms with Crippen LogP contribution in [0.1, 0.15) is 48.0 Å². The monoisotopic (exact) mass is 314 g/mol.